The fourth-order valence-corrected chi connectivity index (χ4v) is 5.41. The molecule has 2 atom stereocenters. The highest BCUT2D eigenvalue weighted by molar-refractivity contribution is 6.13. The van der Waals surface area contributed by atoms with Crippen LogP contribution in [-0.2, 0) is 9.53 Å². The van der Waals surface area contributed by atoms with Crippen LogP contribution in [0.2, 0.25) is 0 Å². The average molecular weight is 561 g/mol. The number of ether oxygens (including phenoxy) is 1. The molecule has 0 spiro atoms. The number of unbranched alkanes of at least 4 members (excludes halogenated alkanes) is 2. The van der Waals surface area contributed by atoms with Crippen molar-refractivity contribution < 1.29 is 9.53 Å². The molecule has 218 valence electrons. The summed E-state index contributed by atoms with van der Waals surface area (Å²) < 4.78 is 4.88. The van der Waals surface area contributed by atoms with Crippen LogP contribution < -0.4 is 0 Å². The fourth-order valence-electron chi connectivity index (χ4n) is 5.41. The van der Waals surface area contributed by atoms with Crippen molar-refractivity contribution >= 4 is 17.4 Å². The molecule has 4 heteroatoms. The van der Waals surface area contributed by atoms with Crippen molar-refractivity contribution in [2.75, 3.05) is 13.7 Å². The summed E-state index contributed by atoms with van der Waals surface area (Å²) in [5.74, 6) is 0.315. The maximum Gasteiger partial charge on any atom is 0.305 e. The lowest BCUT2D eigenvalue weighted by Crippen LogP contribution is -2.14. The Morgan fingerprint density at radius 2 is 1.36 bits per heavy atom. The van der Waals surface area contributed by atoms with Gasteiger partial charge in [0.1, 0.15) is 0 Å². The number of allylic oxidation sites excluding steroid dienone is 4. The maximum absolute atomic E-state index is 11.8. The van der Waals surface area contributed by atoms with Gasteiger partial charge in [-0.15, -0.1) is 0 Å². The Morgan fingerprint density at radius 3 is 1.93 bits per heavy atom. The van der Waals surface area contributed by atoms with Crippen molar-refractivity contribution in [1.29, 1.82) is 0 Å². The summed E-state index contributed by atoms with van der Waals surface area (Å²) in [6.45, 7) is 3.10. The Morgan fingerprint density at radius 1 is 0.786 bits per heavy atom. The maximum atomic E-state index is 11.8. The molecule has 0 fully saturated rings. The van der Waals surface area contributed by atoms with Crippen LogP contribution in [0.3, 0.4) is 0 Å². The summed E-state index contributed by atoms with van der Waals surface area (Å²) in [4.78, 5) is 22.2. The van der Waals surface area contributed by atoms with E-state index in [4.69, 9.17) is 14.7 Å². The van der Waals surface area contributed by atoms with Gasteiger partial charge in [-0.3, -0.25) is 14.8 Å². The summed E-state index contributed by atoms with van der Waals surface area (Å²) in [5.41, 5.74) is 6.91. The molecule has 0 N–H and O–H groups in total. The highest BCUT2D eigenvalue weighted by atomic mass is 16.5. The molecule has 3 aromatic carbocycles. The van der Waals surface area contributed by atoms with Gasteiger partial charge in [-0.2, -0.15) is 0 Å². The van der Waals surface area contributed by atoms with Crippen LogP contribution in [0.5, 0.6) is 0 Å². The Kier molecular flexibility index (Phi) is 12.5. The van der Waals surface area contributed by atoms with Crippen LogP contribution >= 0.6 is 0 Å². The van der Waals surface area contributed by atoms with Crippen LogP contribution in [0, 0.1) is 5.92 Å². The predicted molar refractivity (Wildman–Crippen MR) is 175 cm³/mol. The predicted octanol–water partition coefficient (Wildman–Crippen LogP) is 8.81. The molecule has 1 aliphatic carbocycles. The zero-order valence-electron chi connectivity index (χ0n) is 25.1. The van der Waals surface area contributed by atoms with Gasteiger partial charge in [0, 0.05) is 24.1 Å². The first kappa shape index (κ1) is 30.9. The van der Waals surface area contributed by atoms with Crippen LogP contribution in [0.25, 0.3) is 0 Å². The van der Waals surface area contributed by atoms with Crippen molar-refractivity contribution in [3.8, 4) is 0 Å². The molecule has 3 aromatic rings. The quantitative estimate of drug-likeness (QED) is 0.106. The first-order valence-corrected chi connectivity index (χ1v) is 15.4. The number of carbonyl (C=O) groups excluding carboxylic acids is 1. The second kappa shape index (κ2) is 17.0. The molecule has 2 unspecified atom stereocenters. The lowest BCUT2D eigenvalue weighted by atomic mass is 9.87. The number of carbonyl (C=O) groups is 1. The van der Waals surface area contributed by atoms with Gasteiger partial charge in [0.25, 0.3) is 0 Å². The van der Waals surface area contributed by atoms with Crippen molar-refractivity contribution in [2.45, 2.75) is 64.3 Å². The summed E-state index contributed by atoms with van der Waals surface area (Å²) >= 11 is 0. The van der Waals surface area contributed by atoms with E-state index in [1.54, 1.807) is 0 Å². The summed E-state index contributed by atoms with van der Waals surface area (Å²) in [7, 11) is 1.45. The number of aliphatic imine (C=N–C) groups is 2. The van der Waals surface area contributed by atoms with E-state index in [0.29, 0.717) is 12.3 Å². The number of hydrogen-bond donors (Lipinski definition) is 0. The molecule has 0 bridgehead atoms. The van der Waals surface area contributed by atoms with Crippen molar-refractivity contribution in [3.63, 3.8) is 0 Å². The van der Waals surface area contributed by atoms with Gasteiger partial charge in [0.15, 0.2) is 0 Å². The summed E-state index contributed by atoms with van der Waals surface area (Å²) in [6, 6.07) is 31.5. The minimum Gasteiger partial charge on any atom is -0.469 e. The zero-order chi connectivity index (χ0) is 29.4. The Hall–Kier alpha value is -4.05. The highest BCUT2D eigenvalue weighted by Crippen LogP contribution is 2.25. The standard InChI is InChI=1S/C38H44N2O2/c1-30-18-14-15-27-35(30)38(33-23-11-5-12-24-33)39-29-16-6-13-25-34(26-17-28-36(41)42-2)40-37(31-19-7-3-8-20-31)32-21-9-4-10-22-32/h3-5,7-12,14-15,19-24,27,30,34H,6,13,16-18,25-26,28-29H2,1-2H3. The van der Waals surface area contributed by atoms with Crippen molar-refractivity contribution in [3.05, 3.63) is 131 Å². The van der Waals surface area contributed by atoms with Crippen LogP contribution in [0.1, 0.15) is 75.0 Å². The molecule has 42 heavy (non-hydrogen) atoms. The van der Waals surface area contributed by atoms with Crippen LogP contribution in [0.4, 0.5) is 0 Å². The topological polar surface area (TPSA) is 51.0 Å². The van der Waals surface area contributed by atoms with E-state index >= 15 is 0 Å². The molecule has 0 amide bonds. The van der Waals surface area contributed by atoms with Gasteiger partial charge in [-0.05, 0) is 49.2 Å². The minimum absolute atomic E-state index is 0.133. The highest BCUT2D eigenvalue weighted by Gasteiger charge is 2.17. The Balaban J connectivity index is 1.43. The van der Waals surface area contributed by atoms with E-state index in [2.05, 4.69) is 104 Å². The van der Waals surface area contributed by atoms with E-state index in [1.807, 2.05) is 12.1 Å². The first-order valence-electron chi connectivity index (χ1n) is 15.4. The molecule has 4 rings (SSSR count). The molecule has 0 aliphatic heterocycles. The first-order chi connectivity index (χ1) is 20.7. The molecule has 0 saturated carbocycles. The van der Waals surface area contributed by atoms with Crippen molar-refractivity contribution in [1.82, 2.24) is 0 Å². The normalized spacial score (nSPS) is 15.5. The lowest BCUT2D eigenvalue weighted by molar-refractivity contribution is -0.140. The number of rotatable bonds is 15. The largest absolute Gasteiger partial charge is 0.469 e. The summed E-state index contributed by atoms with van der Waals surface area (Å²) in [6.07, 6.45) is 13.9. The third-order valence-electron chi connectivity index (χ3n) is 7.77. The summed E-state index contributed by atoms with van der Waals surface area (Å²) in [5, 5.41) is 0. The third-order valence-corrected chi connectivity index (χ3v) is 7.77. The number of benzene rings is 3. The molecule has 0 saturated heterocycles. The van der Waals surface area contributed by atoms with E-state index in [9.17, 15) is 4.79 Å². The van der Waals surface area contributed by atoms with Gasteiger partial charge in [0.05, 0.1) is 24.6 Å². The van der Waals surface area contributed by atoms with Gasteiger partial charge >= 0.3 is 5.97 Å². The van der Waals surface area contributed by atoms with Crippen LogP contribution in [0.15, 0.2) is 125 Å². The number of methoxy groups -OCH3 is 1. The molecule has 1 aliphatic rings. The number of nitrogens with zero attached hydrogens (tertiary/aromatic N) is 2. The van der Waals surface area contributed by atoms with Gasteiger partial charge in [0.2, 0.25) is 0 Å². The van der Waals surface area contributed by atoms with E-state index < -0.39 is 0 Å². The van der Waals surface area contributed by atoms with Gasteiger partial charge < -0.3 is 4.74 Å². The van der Waals surface area contributed by atoms with Crippen molar-refractivity contribution in [2.24, 2.45) is 15.9 Å². The Labute approximate surface area is 252 Å². The van der Waals surface area contributed by atoms with Gasteiger partial charge in [-0.1, -0.05) is 129 Å². The fraction of sp³-hybridized carbons (Fsp3) is 0.342. The number of esters is 1. The second-order valence-corrected chi connectivity index (χ2v) is 11.0. The Bertz CT molecular complexity index is 1320. The molecule has 4 nitrogen and oxygen atoms in total. The molecule has 0 heterocycles. The molecule has 0 aromatic heterocycles. The second-order valence-electron chi connectivity index (χ2n) is 11.0. The zero-order valence-corrected chi connectivity index (χ0v) is 25.1. The van der Waals surface area contributed by atoms with E-state index in [1.165, 1.54) is 18.2 Å². The smallest absolute Gasteiger partial charge is 0.305 e. The molecular weight excluding hydrogens is 516 g/mol. The molecular formula is C38H44N2O2. The van der Waals surface area contributed by atoms with E-state index in [0.717, 1.165) is 74.0 Å². The monoisotopic (exact) mass is 560 g/mol. The minimum atomic E-state index is -0.158. The molecule has 0 radical (unpaired) electrons. The van der Waals surface area contributed by atoms with Crippen LogP contribution in [-0.4, -0.2) is 37.1 Å². The third kappa shape index (κ3) is 9.51. The lowest BCUT2D eigenvalue weighted by Gasteiger charge is -2.20. The van der Waals surface area contributed by atoms with Gasteiger partial charge in [-0.25, -0.2) is 0 Å². The van der Waals surface area contributed by atoms with E-state index in [-0.39, 0.29) is 12.0 Å². The number of hydrogen-bond acceptors (Lipinski definition) is 4. The SMILES string of the molecule is COC(=O)CCCC(CCCCCN=C(C1=CC=CCC1C)c1ccccc1)N=C(c1ccccc1)c1ccccc1. The average Bonchev–Trinajstić information content (AvgIpc) is 3.04.